The molecular formula is C14H20F2N2O2S. The summed E-state index contributed by atoms with van der Waals surface area (Å²) in [6, 6.07) is 3.82. The summed E-state index contributed by atoms with van der Waals surface area (Å²) in [6.45, 7) is 2.19. The molecule has 7 heteroatoms. The molecule has 1 N–H and O–H groups in total. The Morgan fingerprint density at radius 3 is 2.76 bits per heavy atom. The summed E-state index contributed by atoms with van der Waals surface area (Å²) >= 11 is 0. The van der Waals surface area contributed by atoms with Crippen LogP contribution in [0.1, 0.15) is 18.4 Å². The third-order valence-electron chi connectivity index (χ3n) is 3.70. The number of benzene rings is 1. The minimum absolute atomic E-state index is 0.249. The van der Waals surface area contributed by atoms with Gasteiger partial charge in [-0.05, 0) is 43.0 Å². The van der Waals surface area contributed by atoms with Gasteiger partial charge in [0, 0.05) is 19.6 Å². The zero-order chi connectivity index (χ0) is 15.5. The van der Waals surface area contributed by atoms with Crippen LogP contribution in [-0.2, 0) is 16.6 Å². The highest BCUT2D eigenvalue weighted by Gasteiger charge is 2.25. The molecule has 0 amide bonds. The first kappa shape index (κ1) is 16.3. The first-order valence-electron chi connectivity index (χ1n) is 6.96. The van der Waals surface area contributed by atoms with Crippen LogP contribution in [0.5, 0.6) is 0 Å². The molecule has 2 rings (SSSR count). The van der Waals surface area contributed by atoms with Gasteiger partial charge in [-0.15, -0.1) is 0 Å². The number of halogens is 2. The maximum atomic E-state index is 13.1. The lowest BCUT2D eigenvalue weighted by atomic mass is 9.99. The number of piperidine rings is 1. The summed E-state index contributed by atoms with van der Waals surface area (Å²) in [6.07, 6.45) is 3.05. The summed E-state index contributed by atoms with van der Waals surface area (Å²) < 4.78 is 50.4. The largest absolute Gasteiger partial charge is 0.312 e. The van der Waals surface area contributed by atoms with E-state index < -0.39 is 21.7 Å². The Hall–Kier alpha value is -1.05. The topological polar surface area (TPSA) is 49.4 Å². The molecule has 1 aromatic carbocycles. The molecule has 4 nitrogen and oxygen atoms in total. The Labute approximate surface area is 124 Å². The van der Waals surface area contributed by atoms with Gasteiger partial charge in [0.15, 0.2) is 11.6 Å². The van der Waals surface area contributed by atoms with Crippen molar-refractivity contribution in [1.29, 1.82) is 0 Å². The normalized spacial score (nSPS) is 20.6. The van der Waals surface area contributed by atoms with Gasteiger partial charge in [0.25, 0.3) is 0 Å². The molecule has 21 heavy (non-hydrogen) atoms. The fourth-order valence-corrected chi connectivity index (χ4v) is 3.51. The van der Waals surface area contributed by atoms with Gasteiger partial charge in [0.1, 0.15) is 0 Å². The van der Waals surface area contributed by atoms with Crippen LogP contribution in [0.3, 0.4) is 0 Å². The summed E-state index contributed by atoms with van der Waals surface area (Å²) in [5.41, 5.74) is 0.671. The molecule has 1 aliphatic heterocycles. The van der Waals surface area contributed by atoms with Crippen molar-refractivity contribution in [2.24, 2.45) is 5.92 Å². The highest BCUT2D eigenvalue weighted by atomic mass is 32.2. The van der Waals surface area contributed by atoms with Gasteiger partial charge in [0.05, 0.1) is 6.26 Å². The Kier molecular flexibility index (Phi) is 5.29. The van der Waals surface area contributed by atoms with Crippen LogP contribution in [0.25, 0.3) is 0 Å². The summed E-state index contributed by atoms with van der Waals surface area (Å²) in [4.78, 5) is 0. The molecule has 118 valence electrons. The van der Waals surface area contributed by atoms with Gasteiger partial charge in [0.2, 0.25) is 10.0 Å². The molecule has 0 radical (unpaired) electrons. The molecule has 1 aromatic rings. The van der Waals surface area contributed by atoms with Crippen LogP contribution < -0.4 is 5.32 Å². The first-order chi connectivity index (χ1) is 9.86. The van der Waals surface area contributed by atoms with E-state index in [4.69, 9.17) is 0 Å². The quantitative estimate of drug-likeness (QED) is 0.899. The SMILES string of the molecule is CS(=O)(=O)N1CCCC(CNCc2ccc(F)c(F)c2)C1. The summed E-state index contributed by atoms with van der Waals surface area (Å²) in [5, 5.41) is 3.18. The molecule has 0 aliphatic carbocycles. The average molecular weight is 318 g/mol. The van der Waals surface area contributed by atoms with E-state index in [1.165, 1.54) is 22.7 Å². The lowest BCUT2D eigenvalue weighted by Gasteiger charge is -2.31. The second kappa shape index (κ2) is 6.81. The second-order valence-corrected chi connectivity index (χ2v) is 7.49. The summed E-state index contributed by atoms with van der Waals surface area (Å²) in [7, 11) is -3.13. The van der Waals surface area contributed by atoms with E-state index in [0.29, 0.717) is 31.7 Å². The van der Waals surface area contributed by atoms with Crippen LogP contribution in [0.4, 0.5) is 8.78 Å². The van der Waals surface area contributed by atoms with Crippen molar-refractivity contribution < 1.29 is 17.2 Å². The smallest absolute Gasteiger partial charge is 0.211 e. The molecule has 1 fully saturated rings. The van der Waals surface area contributed by atoms with Crippen LogP contribution in [-0.4, -0.2) is 38.6 Å². The van der Waals surface area contributed by atoms with Gasteiger partial charge in [-0.2, -0.15) is 0 Å². The molecular weight excluding hydrogens is 298 g/mol. The van der Waals surface area contributed by atoms with Crippen molar-refractivity contribution in [3.8, 4) is 0 Å². The van der Waals surface area contributed by atoms with E-state index in [1.807, 2.05) is 0 Å². The molecule has 0 bridgehead atoms. The second-order valence-electron chi connectivity index (χ2n) is 5.51. The Bertz CT molecular complexity index is 593. The lowest BCUT2D eigenvalue weighted by Crippen LogP contribution is -2.42. The van der Waals surface area contributed by atoms with Gasteiger partial charge in [-0.3, -0.25) is 0 Å². The number of nitrogens with zero attached hydrogens (tertiary/aromatic N) is 1. The zero-order valence-electron chi connectivity index (χ0n) is 12.0. The number of hydrogen-bond donors (Lipinski definition) is 1. The Morgan fingerprint density at radius 2 is 2.10 bits per heavy atom. The molecule has 0 aromatic heterocycles. The molecule has 0 spiro atoms. The van der Waals surface area contributed by atoms with Crippen molar-refractivity contribution in [1.82, 2.24) is 9.62 Å². The van der Waals surface area contributed by atoms with Crippen molar-refractivity contribution in [2.45, 2.75) is 19.4 Å². The van der Waals surface area contributed by atoms with E-state index in [2.05, 4.69) is 5.32 Å². The predicted octanol–water partition coefficient (Wildman–Crippen LogP) is 1.73. The molecule has 1 aliphatic rings. The molecule has 1 atom stereocenters. The Morgan fingerprint density at radius 1 is 1.33 bits per heavy atom. The third-order valence-corrected chi connectivity index (χ3v) is 4.97. The van der Waals surface area contributed by atoms with E-state index >= 15 is 0 Å². The minimum Gasteiger partial charge on any atom is -0.312 e. The lowest BCUT2D eigenvalue weighted by molar-refractivity contribution is 0.261. The highest BCUT2D eigenvalue weighted by molar-refractivity contribution is 7.88. The van der Waals surface area contributed by atoms with E-state index in [9.17, 15) is 17.2 Å². The van der Waals surface area contributed by atoms with Crippen LogP contribution in [0.15, 0.2) is 18.2 Å². The van der Waals surface area contributed by atoms with Gasteiger partial charge in [-0.25, -0.2) is 21.5 Å². The van der Waals surface area contributed by atoms with E-state index in [0.717, 1.165) is 18.9 Å². The predicted molar refractivity (Wildman–Crippen MR) is 77.2 cm³/mol. The van der Waals surface area contributed by atoms with Crippen molar-refractivity contribution >= 4 is 10.0 Å². The Balaban J connectivity index is 1.81. The van der Waals surface area contributed by atoms with Crippen LogP contribution in [0, 0.1) is 17.6 Å². The van der Waals surface area contributed by atoms with Gasteiger partial charge in [-0.1, -0.05) is 6.07 Å². The van der Waals surface area contributed by atoms with Crippen LogP contribution in [0.2, 0.25) is 0 Å². The van der Waals surface area contributed by atoms with E-state index in [1.54, 1.807) is 0 Å². The highest BCUT2D eigenvalue weighted by Crippen LogP contribution is 2.18. The fourth-order valence-electron chi connectivity index (χ4n) is 2.56. The molecule has 0 saturated carbocycles. The van der Waals surface area contributed by atoms with Crippen molar-refractivity contribution in [3.05, 3.63) is 35.4 Å². The average Bonchev–Trinajstić information content (AvgIpc) is 2.42. The van der Waals surface area contributed by atoms with Crippen LogP contribution >= 0.6 is 0 Å². The molecule has 1 heterocycles. The monoisotopic (exact) mass is 318 g/mol. The zero-order valence-corrected chi connectivity index (χ0v) is 12.8. The molecule has 1 unspecified atom stereocenters. The van der Waals surface area contributed by atoms with Crippen molar-refractivity contribution in [3.63, 3.8) is 0 Å². The number of rotatable bonds is 5. The van der Waals surface area contributed by atoms with Crippen molar-refractivity contribution in [2.75, 3.05) is 25.9 Å². The fraction of sp³-hybridized carbons (Fsp3) is 0.571. The minimum atomic E-state index is -3.13. The number of nitrogens with one attached hydrogen (secondary N) is 1. The third kappa shape index (κ3) is 4.72. The number of hydrogen-bond acceptors (Lipinski definition) is 3. The van der Waals surface area contributed by atoms with Gasteiger partial charge >= 0.3 is 0 Å². The first-order valence-corrected chi connectivity index (χ1v) is 8.81. The maximum absolute atomic E-state index is 13.1. The maximum Gasteiger partial charge on any atom is 0.211 e. The molecule has 1 saturated heterocycles. The summed E-state index contributed by atoms with van der Waals surface area (Å²) in [5.74, 6) is -1.45. The number of sulfonamides is 1. The van der Waals surface area contributed by atoms with Gasteiger partial charge < -0.3 is 5.32 Å². The van der Waals surface area contributed by atoms with E-state index in [-0.39, 0.29) is 5.92 Å². The standard InChI is InChI=1S/C14H20F2N2O2S/c1-21(19,20)18-6-2-3-12(10-18)9-17-8-11-4-5-13(15)14(16)7-11/h4-5,7,12,17H,2-3,6,8-10H2,1H3.